The molecule has 1 aromatic carbocycles. The Labute approximate surface area is 148 Å². The molecule has 10 heteroatoms. The number of rotatable bonds is 4. The number of nitrogens with zero attached hydrogens (tertiary/aromatic N) is 3. The number of alkyl halides is 3. The number of hydrogen-bond acceptors (Lipinski definition) is 4. The van der Waals surface area contributed by atoms with Gasteiger partial charge < -0.3 is 4.57 Å². The van der Waals surface area contributed by atoms with Gasteiger partial charge in [0.2, 0.25) is 10.0 Å². The van der Waals surface area contributed by atoms with Crippen LogP contribution < -0.4 is 4.72 Å². The Kier molecular flexibility index (Phi) is 4.77. The second kappa shape index (κ2) is 6.74. The number of halogens is 3. The van der Waals surface area contributed by atoms with Crippen molar-refractivity contribution in [1.82, 2.24) is 14.3 Å². The molecular formula is C16H15F3N4O2S. The monoisotopic (exact) mass is 384 g/mol. The van der Waals surface area contributed by atoms with Gasteiger partial charge in [-0.25, -0.2) is 18.1 Å². The first-order valence-corrected chi connectivity index (χ1v) is 9.31. The Bertz CT molecular complexity index is 961. The normalized spacial score (nSPS) is 17.5. The van der Waals surface area contributed by atoms with E-state index in [-0.39, 0.29) is 29.5 Å². The van der Waals surface area contributed by atoms with Crippen LogP contribution >= 0.6 is 0 Å². The molecule has 26 heavy (non-hydrogen) atoms. The first-order valence-electron chi connectivity index (χ1n) is 7.83. The van der Waals surface area contributed by atoms with Crippen LogP contribution in [0, 0.1) is 17.2 Å². The van der Waals surface area contributed by atoms with E-state index < -0.39 is 21.9 Å². The average molecular weight is 384 g/mol. The second-order valence-electron chi connectivity index (χ2n) is 6.06. The number of aromatic nitrogens is 2. The van der Waals surface area contributed by atoms with E-state index in [4.69, 9.17) is 5.26 Å². The first kappa shape index (κ1) is 18.4. The van der Waals surface area contributed by atoms with Crippen LogP contribution in [-0.2, 0) is 29.2 Å². The third kappa shape index (κ3) is 3.73. The van der Waals surface area contributed by atoms with E-state index in [2.05, 4.69) is 9.71 Å². The van der Waals surface area contributed by atoms with Gasteiger partial charge in [0.25, 0.3) is 0 Å². The van der Waals surface area contributed by atoms with Crippen molar-refractivity contribution in [2.45, 2.75) is 30.5 Å². The zero-order chi connectivity index (χ0) is 18.9. The maximum atomic E-state index is 12.7. The summed E-state index contributed by atoms with van der Waals surface area (Å²) >= 11 is 0. The molecule has 0 saturated heterocycles. The van der Waals surface area contributed by atoms with Gasteiger partial charge in [0.05, 0.1) is 10.5 Å². The molecule has 1 aliphatic rings. The van der Waals surface area contributed by atoms with Gasteiger partial charge in [-0.2, -0.15) is 18.4 Å². The van der Waals surface area contributed by atoms with Crippen LogP contribution in [0.15, 0.2) is 35.4 Å². The van der Waals surface area contributed by atoms with Crippen molar-refractivity contribution in [3.8, 4) is 6.07 Å². The number of nitrogens with one attached hydrogen (secondary N) is 1. The van der Waals surface area contributed by atoms with Crippen molar-refractivity contribution in [1.29, 1.82) is 5.26 Å². The van der Waals surface area contributed by atoms with Crippen molar-refractivity contribution in [2.75, 3.05) is 6.54 Å². The smallest absolute Gasteiger partial charge is 0.334 e. The fraction of sp³-hybridized carbons (Fsp3) is 0.375. The highest BCUT2D eigenvalue weighted by Crippen LogP contribution is 2.30. The molecule has 2 heterocycles. The lowest BCUT2D eigenvalue weighted by atomic mass is 10.00. The van der Waals surface area contributed by atoms with E-state index in [0.717, 1.165) is 6.20 Å². The van der Waals surface area contributed by atoms with Crippen molar-refractivity contribution in [2.24, 2.45) is 5.92 Å². The van der Waals surface area contributed by atoms with Crippen molar-refractivity contribution < 1.29 is 21.6 Å². The molecule has 1 N–H and O–H groups in total. The first-order chi connectivity index (χ1) is 12.2. The predicted molar refractivity (Wildman–Crippen MR) is 85.4 cm³/mol. The summed E-state index contributed by atoms with van der Waals surface area (Å²) in [6.07, 6.45) is -2.67. The van der Waals surface area contributed by atoms with Gasteiger partial charge in [0.15, 0.2) is 5.69 Å². The summed E-state index contributed by atoms with van der Waals surface area (Å²) < 4.78 is 66.9. The highest BCUT2D eigenvalue weighted by atomic mass is 32.2. The largest absolute Gasteiger partial charge is 0.434 e. The van der Waals surface area contributed by atoms with E-state index in [1.54, 1.807) is 6.07 Å². The van der Waals surface area contributed by atoms with Crippen molar-refractivity contribution in [3.63, 3.8) is 0 Å². The Morgan fingerprint density at radius 1 is 1.35 bits per heavy atom. The number of imidazole rings is 1. The molecule has 3 rings (SSSR count). The molecule has 0 saturated carbocycles. The van der Waals surface area contributed by atoms with Gasteiger partial charge in [-0.15, -0.1) is 0 Å². The summed E-state index contributed by atoms with van der Waals surface area (Å²) in [5.74, 6) is 0.188. The summed E-state index contributed by atoms with van der Waals surface area (Å²) in [6, 6.07) is 7.67. The van der Waals surface area contributed by atoms with Crippen LogP contribution in [0.5, 0.6) is 0 Å². The SMILES string of the molecule is N#Cc1ccccc1S(=O)(=O)NCC1CCc2nc(C(F)(F)F)cn2C1. The van der Waals surface area contributed by atoms with Crippen LogP contribution in [0.3, 0.4) is 0 Å². The molecule has 0 fully saturated rings. The quantitative estimate of drug-likeness (QED) is 0.876. The lowest BCUT2D eigenvalue weighted by Crippen LogP contribution is -2.34. The third-order valence-electron chi connectivity index (χ3n) is 4.24. The molecule has 0 bridgehead atoms. The number of benzene rings is 1. The Morgan fingerprint density at radius 2 is 2.08 bits per heavy atom. The second-order valence-corrected chi connectivity index (χ2v) is 7.79. The summed E-state index contributed by atoms with van der Waals surface area (Å²) in [5, 5.41) is 9.03. The van der Waals surface area contributed by atoms with Crippen molar-refractivity contribution in [3.05, 3.63) is 47.5 Å². The Hall–Kier alpha value is -2.38. The molecule has 1 aliphatic heterocycles. The molecule has 0 aliphatic carbocycles. The number of fused-ring (bicyclic) bond motifs is 1. The Balaban J connectivity index is 1.70. The topological polar surface area (TPSA) is 87.8 Å². The molecule has 0 amide bonds. The lowest BCUT2D eigenvalue weighted by Gasteiger charge is -2.23. The molecule has 138 valence electrons. The summed E-state index contributed by atoms with van der Waals surface area (Å²) in [7, 11) is -3.88. The number of sulfonamides is 1. The van der Waals surface area contributed by atoms with Gasteiger partial charge in [0, 0.05) is 25.7 Å². The van der Waals surface area contributed by atoms with Gasteiger partial charge in [-0.1, -0.05) is 12.1 Å². The predicted octanol–water partition coefficient (Wildman–Crippen LogP) is 2.31. The van der Waals surface area contributed by atoms with Crippen LogP contribution in [0.4, 0.5) is 13.2 Å². The van der Waals surface area contributed by atoms with Crippen LogP contribution in [-0.4, -0.2) is 24.5 Å². The molecule has 0 radical (unpaired) electrons. The van der Waals surface area contributed by atoms with Crippen molar-refractivity contribution >= 4 is 10.0 Å². The highest BCUT2D eigenvalue weighted by Gasteiger charge is 2.35. The summed E-state index contributed by atoms with van der Waals surface area (Å²) in [6.45, 7) is 0.321. The molecular weight excluding hydrogens is 369 g/mol. The molecule has 0 spiro atoms. The van der Waals surface area contributed by atoms with E-state index in [1.807, 2.05) is 6.07 Å². The van der Waals surface area contributed by atoms with Gasteiger partial charge >= 0.3 is 6.18 Å². The van der Waals surface area contributed by atoms with Gasteiger partial charge in [0.1, 0.15) is 11.9 Å². The standard InChI is InChI=1S/C16H15F3N4O2S/c17-16(18,19)14-10-23-9-11(5-6-15(23)22-14)8-21-26(24,25)13-4-2-1-3-12(13)7-20/h1-4,10-11,21H,5-6,8-9H2. The maximum absolute atomic E-state index is 12.7. The molecule has 1 atom stereocenters. The zero-order valence-electron chi connectivity index (χ0n) is 13.5. The maximum Gasteiger partial charge on any atom is 0.434 e. The molecule has 2 aromatic rings. The average Bonchev–Trinajstić information content (AvgIpc) is 3.04. The third-order valence-corrected chi connectivity index (χ3v) is 5.72. The van der Waals surface area contributed by atoms with E-state index >= 15 is 0 Å². The number of nitriles is 1. The minimum Gasteiger partial charge on any atom is -0.334 e. The fourth-order valence-electron chi connectivity index (χ4n) is 2.92. The van der Waals surface area contributed by atoms with Crippen LogP contribution in [0.25, 0.3) is 0 Å². The van der Waals surface area contributed by atoms with E-state index in [1.165, 1.54) is 22.8 Å². The lowest BCUT2D eigenvalue weighted by molar-refractivity contribution is -0.141. The van der Waals surface area contributed by atoms with E-state index in [9.17, 15) is 21.6 Å². The zero-order valence-corrected chi connectivity index (χ0v) is 14.3. The number of aryl methyl sites for hydroxylation is 1. The fourth-order valence-corrected chi connectivity index (χ4v) is 4.19. The molecule has 1 aromatic heterocycles. The molecule has 6 nitrogen and oxygen atoms in total. The Morgan fingerprint density at radius 3 is 2.77 bits per heavy atom. The van der Waals surface area contributed by atoms with E-state index in [0.29, 0.717) is 18.7 Å². The summed E-state index contributed by atoms with van der Waals surface area (Å²) in [5.41, 5.74) is -0.896. The minimum atomic E-state index is -4.50. The molecule has 1 unspecified atom stereocenters. The minimum absolute atomic E-state index is 0.0374. The number of hydrogen-bond donors (Lipinski definition) is 1. The van der Waals surface area contributed by atoms with Crippen LogP contribution in [0.2, 0.25) is 0 Å². The van der Waals surface area contributed by atoms with Gasteiger partial charge in [-0.3, -0.25) is 0 Å². The van der Waals surface area contributed by atoms with Crippen LogP contribution in [0.1, 0.15) is 23.5 Å². The summed E-state index contributed by atoms with van der Waals surface area (Å²) in [4.78, 5) is 3.49. The van der Waals surface area contributed by atoms with Gasteiger partial charge in [-0.05, 0) is 24.5 Å². The highest BCUT2D eigenvalue weighted by molar-refractivity contribution is 7.89.